The molecule has 18 rings (SSSR count). The van der Waals surface area contributed by atoms with Gasteiger partial charge in [-0.15, -0.1) is 0 Å². The maximum atomic E-state index is 2.62. The van der Waals surface area contributed by atoms with Crippen LogP contribution in [0.15, 0.2) is 255 Å². The van der Waals surface area contributed by atoms with E-state index in [0.29, 0.717) is 0 Å². The van der Waals surface area contributed by atoms with Crippen LogP contribution in [0.5, 0.6) is 0 Å². The van der Waals surface area contributed by atoms with Crippen LogP contribution in [0.2, 0.25) is 0 Å². The third-order valence-corrected chi connectivity index (χ3v) is 22.4. The average Bonchev–Trinajstić information content (AvgIpc) is 1.38. The highest BCUT2D eigenvalue weighted by Crippen LogP contribution is 2.54. The van der Waals surface area contributed by atoms with Crippen LogP contribution in [-0.4, -0.2) is 15.8 Å². The summed E-state index contributed by atoms with van der Waals surface area (Å²) in [5, 5.41) is 4.96. The SMILES string of the molecule is CC(C)(C)c1cccc(-c2ccc3c(c2)N(c2ccc(-c4ccc5c(c4)C(C)(C)CC5(C)C)cc2)c2cc(-n4c5ccccc5c5ccccc54)cc4c2B3c2ccc(-n3c5ccccc5c5ccccc53)cc2N4c2ccc(-c3ccc4c(c3)C(C)(C)CC4(C)C)cc2)c1. The summed E-state index contributed by atoms with van der Waals surface area (Å²) in [6.07, 6.45) is 2.27. The van der Waals surface area contributed by atoms with Gasteiger partial charge in [-0.2, -0.15) is 0 Å². The van der Waals surface area contributed by atoms with E-state index in [1.165, 1.54) is 127 Å². The summed E-state index contributed by atoms with van der Waals surface area (Å²) in [5.74, 6) is 0. The zero-order valence-electron chi connectivity index (χ0n) is 56.5. The molecular formula is C90H79BN4. The first-order valence-corrected chi connectivity index (χ1v) is 34.3. The summed E-state index contributed by atoms with van der Waals surface area (Å²) in [6, 6.07) is 98.4. The fourth-order valence-electron chi connectivity index (χ4n) is 18.5. The van der Waals surface area contributed by atoms with Crippen LogP contribution in [-0.2, 0) is 27.1 Å². The number of hydrogen-bond acceptors (Lipinski definition) is 2. The van der Waals surface area contributed by atoms with Crippen LogP contribution < -0.4 is 26.2 Å². The minimum Gasteiger partial charge on any atom is -0.311 e. The Morgan fingerprint density at radius 2 is 0.653 bits per heavy atom. The van der Waals surface area contributed by atoms with Crippen molar-refractivity contribution in [2.24, 2.45) is 0 Å². The lowest BCUT2D eigenvalue weighted by Gasteiger charge is -2.44. The molecule has 0 fully saturated rings. The van der Waals surface area contributed by atoms with Crippen molar-refractivity contribution in [3.63, 3.8) is 0 Å². The molecule has 0 saturated heterocycles. The first-order valence-electron chi connectivity index (χ1n) is 34.3. The fraction of sp³-hybridized carbons (Fsp3) is 0.200. The van der Waals surface area contributed by atoms with Crippen molar-refractivity contribution in [2.45, 2.75) is 116 Å². The first kappa shape index (κ1) is 57.6. The molecule has 2 aromatic heterocycles. The highest BCUT2D eigenvalue weighted by Gasteiger charge is 2.46. The van der Waals surface area contributed by atoms with E-state index in [4.69, 9.17) is 0 Å². The van der Waals surface area contributed by atoms with E-state index in [1.54, 1.807) is 0 Å². The van der Waals surface area contributed by atoms with Crippen molar-refractivity contribution in [1.29, 1.82) is 0 Å². The van der Waals surface area contributed by atoms with E-state index in [1.807, 2.05) is 0 Å². The predicted molar refractivity (Wildman–Crippen MR) is 405 cm³/mol. The van der Waals surface area contributed by atoms with Crippen molar-refractivity contribution in [3.05, 3.63) is 283 Å². The van der Waals surface area contributed by atoms with Gasteiger partial charge in [0, 0.05) is 61.4 Å². The second kappa shape index (κ2) is 20.2. The Morgan fingerprint density at radius 1 is 0.295 bits per heavy atom. The molecule has 0 N–H and O–H groups in total. The second-order valence-electron chi connectivity index (χ2n) is 31.6. The number of benzene rings is 12. The van der Waals surface area contributed by atoms with E-state index in [9.17, 15) is 0 Å². The Morgan fingerprint density at radius 3 is 1.12 bits per heavy atom. The van der Waals surface area contributed by atoms with E-state index in [2.05, 4.69) is 350 Å². The molecule has 5 heteroatoms. The number of nitrogens with zero attached hydrogens (tertiary/aromatic N) is 4. The van der Waals surface area contributed by atoms with Crippen LogP contribution in [0.3, 0.4) is 0 Å². The minimum absolute atomic E-state index is 0.0202. The first-order chi connectivity index (χ1) is 45.7. The number of para-hydroxylation sites is 4. The molecule has 14 aromatic rings. The van der Waals surface area contributed by atoms with Crippen LogP contribution in [0.25, 0.3) is 88.4 Å². The zero-order valence-corrected chi connectivity index (χ0v) is 56.5. The Bertz CT molecular complexity index is 5440. The summed E-state index contributed by atoms with van der Waals surface area (Å²) < 4.78 is 5.02. The molecule has 95 heavy (non-hydrogen) atoms. The summed E-state index contributed by atoms with van der Waals surface area (Å²) in [4.78, 5) is 5.24. The van der Waals surface area contributed by atoms with E-state index >= 15 is 0 Å². The summed E-state index contributed by atoms with van der Waals surface area (Å²) in [6.45, 7) is 26.1. The molecule has 0 radical (unpaired) electrons. The lowest BCUT2D eigenvalue weighted by atomic mass is 9.33. The molecule has 12 aromatic carbocycles. The van der Waals surface area contributed by atoms with E-state index in [-0.39, 0.29) is 33.8 Å². The van der Waals surface area contributed by atoms with Gasteiger partial charge >= 0.3 is 0 Å². The lowest BCUT2D eigenvalue weighted by Crippen LogP contribution is -2.61. The number of anilines is 6. The van der Waals surface area contributed by atoms with Crippen LogP contribution in [0.1, 0.15) is 117 Å². The maximum Gasteiger partial charge on any atom is 0.252 e. The van der Waals surface area contributed by atoms with Gasteiger partial charge in [0.2, 0.25) is 0 Å². The third-order valence-electron chi connectivity index (χ3n) is 22.4. The van der Waals surface area contributed by atoms with Crippen molar-refractivity contribution < 1.29 is 0 Å². The van der Waals surface area contributed by atoms with Crippen molar-refractivity contribution in [2.75, 3.05) is 9.80 Å². The molecule has 4 nitrogen and oxygen atoms in total. The van der Waals surface area contributed by atoms with Gasteiger partial charge in [0.05, 0.1) is 27.8 Å². The molecule has 462 valence electrons. The summed E-state index contributed by atoms with van der Waals surface area (Å²) in [5.41, 5.74) is 32.6. The number of rotatable bonds is 7. The van der Waals surface area contributed by atoms with Gasteiger partial charge in [-0.25, -0.2) is 0 Å². The van der Waals surface area contributed by atoms with Crippen molar-refractivity contribution in [1.82, 2.24) is 9.13 Å². The molecule has 2 aliphatic carbocycles. The van der Waals surface area contributed by atoms with Gasteiger partial charge in [-0.3, -0.25) is 0 Å². The fourth-order valence-corrected chi connectivity index (χ4v) is 18.5. The Labute approximate surface area is 559 Å². The van der Waals surface area contributed by atoms with Crippen LogP contribution >= 0.6 is 0 Å². The molecule has 0 amide bonds. The second-order valence-corrected chi connectivity index (χ2v) is 31.6. The topological polar surface area (TPSA) is 16.3 Å². The molecule has 0 unspecified atom stereocenters. The Hall–Kier alpha value is -10.1. The van der Waals surface area contributed by atoms with Crippen LogP contribution in [0, 0.1) is 0 Å². The van der Waals surface area contributed by atoms with E-state index in [0.717, 1.165) is 52.7 Å². The molecule has 4 heterocycles. The normalized spacial score (nSPS) is 16.1. The average molecular weight is 1230 g/mol. The molecule has 0 saturated carbocycles. The Kier molecular flexibility index (Phi) is 12.2. The van der Waals surface area contributed by atoms with Gasteiger partial charge in [0.1, 0.15) is 0 Å². The molecule has 4 aliphatic rings. The highest BCUT2D eigenvalue weighted by atomic mass is 15.2. The monoisotopic (exact) mass is 1230 g/mol. The summed E-state index contributed by atoms with van der Waals surface area (Å²) in [7, 11) is 0. The van der Waals surface area contributed by atoms with Crippen LogP contribution in [0.4, 0.5) is 34.1 Å². The third kappa shape index (κ3) is 8.73. The van der Waals surface area contributed by atoms with Crippen molar-refractivity contribution in [3.8, 4) is 44.8 Å². The number of hydrogen-bond donors (Lipinski definition) is 0. The number of fused-ring (bicyclic) bond motifs is 12. The van der Waals surface area contributed by atoms with E-state index < -0.39 is 0 Å². The van der Waals surface area contributed by atoms with Gasteiger partial charge in [-0.1, -0.05) is 252 Å². The maximum absolute atomic E-state index is 2.62. The van der Waals surface area contributed by atoms with Gasteiger partial charge in [0.25, 0.3) is 6.71 Å². The van der Waals surface area contributed by atoms with Gasteiger partial charge < -0.3 is 18.9 Å². The predicted octanol–water partition coefficient (Wildman–Crippen LogP) is 22.2. The standard InChI is InChI=1S/C90H79BN4/c1-86(2,3)62-22-20-21-58(47-62)61-37-45-75-81(50-61)92(63-38-31-56(32-39-63)59-35-43-71-73(48-59)89(8,9)54-87(71,4)5)83-52-66(95-79-29-18-14-25-69(79)70-26-15-19-30-80(70)95)53-84-85(83)91(75)76-46-42-65(94-77-27-16-12-23-67(77)68-24-13-17-28-78(68)94)51-82(76)93(84)64-40-33-57(34-41-64)60-36-44-72-74(49-60)90(10,11)55-88(72,6)7/h12-53H,54-55H2,1-11H3. The van der Waals surface area contributed by atoms with Gasteiger partial charge in [0.15, 0.2) is 0 Å². The molecule has 0 bridgehead atoms. The lowest BCUT2D eigenvalue weighted by molar-refractivity contribution is 0.402. The molecule has 2 aliphatic heterocycles. The highest BCUT2D eigenvalue weighted by molar-refractivity contribution is 7.00. The van der Waals surface area contributed by atoms with Crippen molar-refractivity contribution >= 4 is 101 Å². The smallest absolute Gasteiger partial charge is 0.252 e. The molecular weight excluding hydrogens is 1150 g/mol. The zero-order chi connectivity index (χ0) is 64.8. The number of aromatic nitrogens is 2. The quantitative estimate of drug-likeness (QED) is 0.148. The summed E-state index contributed by atoms with van der Waals surface area (Å²) >= 11 is 0. The largest absolute Gasteiger partial charge is 0.311 e. The molecule has 0 spiro atoms. The minimum atomic E-state index is -0.136. The Balaban J connectivity index is 0.916. The van der Waals surface area contributed by atoms with Gasteiger partial charge in [-0.05, 0) is 196 Å². The molecule has 0 atom stereocenters.